The molecule has 5 nitrogen and oxygen atoms in total. The number of hydrogen-bond donors (Lipinski definition) is 0. The number of carbonyl (C=O) groups excluding carboxylic acids is 2. The summed E-state index contributed by atoms with van der Waals surface area (Å²) in [4.78, 5) is 28.2. The summed E-state index contributed by atoms with van der Waals surface area (Å²) in [5, 5.41) is 0. The molecule has 0 aliphatic carbocycles. The zero-order valence-electron chi connectivity index (χ0n) is 17.3. The molecule has 0 atom stereocenters. The molecular weight excluding hydrogens is 409 g/mol. The molecule has 0 bridgehead atoms. The minimum absolute atomic E-state index is 0.00927. The number of para-hydroxylation sites is 1. The van der Waals surface area contributed by atoms with Gasteiger partial charge in [-0.3, -0.25) is 9.59 Å². The van der Waals surface area contributed by atoms with Crippen molar-refractivity contribution in [3.8, 4) is 5.75 Å². The second-order valence-corrected chi connectivity index (χ2v) is 7.47. The number of hydrogen-bond acceptors (Lipinski definition) is 3. The van der Waals surface area contributed by atoms with E-state index in [1.54, 1.807) is 9.80 Å². The van der Waals surface area contributed by atoms with E-state index in [0.717, 1.165) is 23.4 Å². The molecule has 0 unspecified atom stereocenters. The van der Waals surface area contributed by atoms with Crippen LogP contribution < -0.4 is 4.74 Å². The number of piperazine rings is 1. The van der Waals surface area contributed by atoms with Gasteiger partial charge in [0.15, 0.2) is 0 Å². The Kier molecular flexibility index (Phi) is 7.20. The summed E-state index contributed by atoms with van der Waals surface area (Å²) in [7, 11) is 0. The summed E-state index contributed by atoms with van der Waals surface area (Å²) in [5.41, 5.74) is 0.467. The van der Waals surface area contributed by atoms with Crippen LogP contribution in [0, 0.1) is 6.92 Å². The Morgan fingerprint density at radius 3 is 2.16 bits per heavy atom. The van der Waals surface area contributed by atoms with E-state index in [0.29, 0.717) is 45.6 Å². The highest BCUT2D eigenvalue weighted by molar-refractivity contribution is 5.94. The third-order valence-corrected chi connectivity index (χ3v) is 5.26. The van der Waals surface area contributed by atoms with Crippen LogP contribution >= 0.6 is 0 Å². The molecule has 31 heavy (non-hydrogen) atoms. The predicted molar refractivity (Wildman–Crippen MR) is 110 cm³/mol. The van der Waals surface area contributed by atoms with Crippen molar-refractivity contribution in [2.75, 3.05) is 32.8 Å². The van der Waals surface area contributed by atoms with Crippen molar-refractivity contribution in [1.82, 2.24) is 9.80 Å². The van der Waals surface area contributed by atoms with Crippen LogP contribution in [0.2, 0.25) is 0 Å². The number of benzene rings is 2. The lowest BCUT2D eigenvalue weighted by atomic mass is 10.1. The number of halogens is 3. The van der Waals surface area contributed by atoms with E-state index in [1.807, 2.05) is 31.2 Å². The maximum atomic E-state index is 12.7. The van der Waals surface area contributed by atoms with Gasteiger partial charge in [0.1, 0.15) is 5.75 Å². The molecular formula is C23H25F3N2O3. The maximum Gasteiger partial charge on any atom is 0.416 e. The predicted octanol–water partition coefficient (Wildman–Crippen LogP) is 4.16. The number of aryl methyl sites for hydroxylation is 1. The highest BCUT2D eigenvalue weighted by Gasteiger charge is 2.31. The summed E-state index contributed by atoms with van der Waals surface area (Å²) in [6.07, 6.45) is -3.48. The van der Waals surface area contributed by atoms with Gasteiger partial charge in [-0.2, -0.15) is 13.2 Å². The van der Waals surface area contributed by atoms with Gasteiger partial charge < -0.3 is 14.5 Å². The van der Waals surface area contributed by atoms with Gasteiger partial charge in [-0.05, 0) is 49.2 Å². The van der Waals surface area contributed by atoms with Gasteiger partial charge in [0.2, 0.25) is 5.91 Å². The molecule has 1 aliphatic rings. The van der Waals surface area contributed by atoms with Gasteiger partial charge in [-0.1, -0.05) is 18.2 Å². The number of amides is 2. The van der Waals surface area contributed by atoms with Crippen molar-refractivity contribution in [3.63, 3.8) is 0 Å². The average molecular weight is 434 g/mol. The number of rotatable bonds is 6. The van der Waals surface area contributed by atoms with Crippen LogP contribution in [0.1, 0.15) is 34.3 Å². The summed E-state index contributed by atoms with van der Waals surface area (Å²) >= 11 is 0. The maximum absolute atomic E-state index is 12.7. The Bertz CT molecular complexity index is 905. The van der Waals surface area contributed by atoms with Crippen molar-refractivity contribution in [3.05, 3.63) is 65.2 Å². The zero-order valence-corrected chi connectivity index (χ0v) is 17.3. The molecule has 0 spiro atoms. The summed E-state index contributed by atoms with van der Waals surface area (Å²) in [6.45, 7) is 3.93. The van der Waals surface area contributed by atoms with Crippen LogP contribution in [0.4, 0.5) is 13.2 Å². The van der Waals surface area contributed by atoms with Gasteiger partial charge in [0, 0.05) is 38.2 Å². The van der Waals surface area contributed by atoms with Crippen molar-refractivity contribution in [2.24, 2.45) is 0 Å². The van der Waals surface area contributed by atoms with E-state index in [2.05, 4.69) is 0 Å². The van der Waals surface area contributed by atoms with E-state index in [1.165, 1.54) is 12.1 Å². The van der Waals surface area contributed by atoms with Gasteiger partial charge in [-0.25, -0.2) is 0 Å². The quantitative estimate of drug-likeness (QED) is 0.642. The van der Waals surface area contributed by atoms with E-state index in [9.17, 15) is 22.8 Å². The summed E-state index contributed by atoms with van der Waals surface area (Å²) < 4.78 is 43.7. The fourth-order valence-corrected chi connectivity index (χ4v) is 3.43. The Morgan fingerprint density at radius 1 is 0.935 bits per heavy atom. The van der Waals surface area contributed by atoms with Gasteiger partial charge in [0.25, 0.3) is 5.91 Å². The van der Waals surface area contributed by atoms with Crippen LogP contribution in [0.25, 0.3) is 0 Å². The fourth-order valence-electron chi connectivity index (χ4n) is 3.43. The third kappa shape index (κ3) is 5.99. The van der Waals surface area contributed by atoms with E-state index >= 15 is 0 Å². The zero-order chi connectivity index (χ0) is 22.4. The molecule has 2 aromatic rings. The van der Waals surface area contributed by atoms with E-state index < -0.39 is 11.7 Å². The minimum Gasteiger partial charge on any atom is -0.493 e. The van der Waals surface area contributed by atoms with Crippen molar-refractivity contribution in [1.29, 1.82) is 0 Å². The number of nitrogens with zero attached hydrogens (tertiary/aromatic N) is 2. The molecule has 8 heteroatoms. The Morgan fingerprint density at radius 2 is 1.55 bits per heavy atom. The largest absolute Gasteiger partial charge is 0.493 e. The lowest BCUT2D eigenvalue weighted by Gasteiger charge is -2.35. The molecule has 1 fully saturated rings. The Balaban J connectivity index is 1.42. The number of ether oxygens (including phenoxy) is 1. The summed E-state index contributed by atoms with van der Waals surface area (Å²) in [6, 6.07) is 11.9. The SMILES string of the molecule is Cc1ccccc1OCCCC(=O)N1CCN(C(=O)c2ccc(C(F)(F)F)cc2)CC1. The molecule has 1 aliphatic heterocycles. The standard InChI is InChI=1S/C23H25F3N2O3/c1-17-5-2-3-6-20(17)31-16-4-7-21(29)27-12-14-28(15-13-27)22(30)18-8-10-19(11-9-18)23(24,25)26/h2-3,5-6,8-11H,4,7,12-16H2,1H3. The average Bonchev–Trinajstić information content (AvgIpc) is 2.77. The van der Waals surface area contributed by atoms with Gasteiger partial charge >= 0.3 is 6.18 Å². The first-order valence-electron chi connectivity index (χ1n) is 10.2. The first-order chi connectivity index (χ1) is 14.8. The van der Waals surface area contributed by atoms with Crippen molar-refractivity contribution in [2.45, 2.75) is 25.9 Å². The molecule has 0 aromatic heterocycles. The van der Waals surface area contributed by atoms with Crippen LogP contribution in [-0.4, -0.2) is 54.4 Å². The summed E-state index contributed by atoms with van der Waals surface area (Å²) in [5.74, 6) is 0.493. The van der Waals surface area contributed by atoms with Crippen LogP contribution in [0.15, 0.2) is 48.5 Å². The van der Waals surface area contributed by atoms with Gasteiger partial charge in [0.05, 0.1) is 12.2 Å². The topological polar surface area (TPSA) is 49.9 Å². The molecule has 166 valence electrons. The molecule has 0 radical (unpaired) electrons. The minimum atomic E-state index is -4.43. The molecule has 1 saturated heterocycles. The number of alkyl halides is 3. The van der Waals surface area contributed by atoms with Crippen LogP contribution in [0.5, 0.6) is 5.75 Å². The molecule has 0 saturated carbocycles. The lowest BCUT2D eigenvalue weighted by Crippen LogP contribution is -2.50. The molecule has 1 heterocycles. The molecule has 0 N–H and O–H groups in total. The Hall–Kier alpha value is -3.03. The molecule has 2 aromatic carbocycles. The van der Waals surface area contributed by atoms with E-state index in [4.69, 9.17) is 4.74 Å². The van der Waals surface area contributed by atoms with E-state index in [-0.39, 0.29) is 17.4 Å². The molecule has 3 rings (SSSR count). The highest BCUT2D eigenvalue weighted by atomic mass is 19.4. The second kappa shape index (κ2) is 9.85. The van der Waals surface area contributed by atoms with Crippen molar-refractivity contribution >= 4 is 11.8 Å². The monoisotopic (exact) mass is 434 g/mol. The van der Waals surface area contributed by atoms with Crippen molar-refractivity contribution < 1.29 is 27.5 Å². The van der Waals surface area contributed by atoms with Gasteiger partial charge in [-0.15, -0.1) is 0 Å². The van der Waals surface area contributed by atoms with Crippen LogP contribution in [0.3, 0.4) is 0 Å². The first kappa shape index (κ1) is 22.7. The smallest absolute Gasteiger partial charge is 0.416 e. The Labute approximate surface area is 179 Å². The third-order valence-electron chi connectivity index (χ3n) is 5.26. The fraction of sp³-hybridized carbons (Fsp3) is 0.391. The van der Waals surface area contributed by atoms with Crippen LogP contribution in [-0.2, 0) is 11.0 Å². The number of carbonyl (C=O) groups is 2. The second-order valence-electron chi connectivity index (χ2n) is 7.47. The molecule has 2 amide bonds. The normalized spacial score (nSPS) is 14.5. The highest BCUT2D eigenvalue weighted by Crippen LogP contribution is 2.29. The lowest BCUT2D eigenvalue weighted by molar-refractivity contribution is -0.137. The first-order valence-corrected chi connectivity index (χ1v) is 10.2.